The van der Waals surface area contributed by atoms with Gasteiger partial charge in [0.25, 0.3) is 0 Å². The predicted molar refractivity (Wildman–Crippen MR) is 92.1 cm³/mol. The zero-order chi connectivity index (χ0) is 18.4. The van der Waals surface area contributed by atoms with Crippen molar-refractivity contribution in [3.63, 3.8) is 0 Å². The van der Waals surface area contributed by atoms with Gasteiger partial charge in [-0.1, -0.05) is 12.1 Å². The minimum Gasteiger partial charge on any atom is -0.497 e. The van der Waals surface area contributed by atoms with Crippen LogP contribution in [0.15, 0.2) is 24.3 Å². The van der Waals surface area contributed by atoms with Gasteiger partial charge in [0.1, 0.15) is 5.75 Å². The Labute approximate surface area is 149 Å². The molecule has 2 rings (SSSR count). The second kappa shape index (κ2) is 8.65. The lowest BCUT2D eigenvalue weighted by Gasteiger charge is -2.40. The van der Waals surface area contributed by atoms with E-state index in [0.29, 0.717) is 19.4 Å². The highest BCUT2D eigenvalue weighted by molar-refractivity contribution is 5.66. The number of esters is 1. The summed E-state index contributed by atoms with van der Waals surface area (Å²) in [5.41, 5.74) is 1.08. The molecule has 1 saturated heterocycles. The maximum Gasteiger partial charge on any atom is 0.304 e. The van der Waals surface area contributed by atoms with E-state index in [1.54, 1.807) is 7.11 Å². The van der Waals surface area contributed by atoms with Gasteiger partial charge < -0.3 is 23.7 Å². The summed E-state index contributed by atoms with van der Waals surface area (Å²) in [6, 6.07) is 7.79. The topological polar surface area (TPSA) is 63.2 Å². The van der Waals surface area contributed by atoms with Gasteiger partial charge in [0.2, 0.25) is 6.29 Å². The normalized spacial score (nSPS) is 23.7. The van der Waals surface area contributed by atoms with Crippen LogP contribution in [0.25, 0.3) is 0 Å². The lowest BCUT2D eigenvalue weighted by molar-refractivity contribution is -0.345. The Morgan fingerprint density at radius 1 is 1.28 bits per heavy atom. The first-order valence-corrected chi connectivity index (χ1v) is 8.55. The lowest BCUT2D eigenvalue weighted by Crippen LogP contribution is -2.46. The van der Waals surface area contributed by atoms with E-state index in [-0.39, 0.29) is 18.2 Å². The minimum atomic E-state index is -0.793. The summed E-state index contributed by atoms with van der Waals surface area (Å²) in [6.45, 7) is 7.54. The first kappa shape index (κ1) is 19.7. The molecule has 0 bridgehead atoms. The second-order valence-electron chi connectivity index (χ2n) is 6.74. The largest absolute Gasteiger partial charge is 0.497 e. The molecule has 1 aliphatic rings. The van der Waals surface area contributed by atoms with Crippen molar-refractivity contribution in [1.82, 2.24) is 0 Å². The molecular weight excluding hydrogens is 324 g/mol. The zero-order valence-corrected chi connectivity index (χ0v) is 15.6. The van der Waals surface area contributed by atoms with E-state index in [9.17, 15) is 4.79 Å². The summed E-state index contributed by atoms with van der Waals surface area (Å²) in [4.78, 5) is 11.2. The molecule has 140 valence electrons. The molecule has 25 heavy (non-hydrogen) atoms. The Balaban J connectivity index is 1.83. The Morgan fingerprint density at radius 2 is 1.96 bits per heavy atom. The van der Waals surface area contributed by atoms with Gasteiger partial charge in [-0.05, 0) is 44.9 Å². The fourth-order valence-corrected chi connectivity index (χ4v) is 2.86. The summed E-state index contributed by atoms with van der Waals surface area (Å²) < 4.78 is 27.8. The number of methoxy groups -OCH3 is 1. The number of benzene rings is 1. The van der Waals surface area contributed by atoms with Crippen LogP contribution in [-0.2, 0) is 30.3 Å². The SMILES string of the molecule is COc1ccc(COC(C)CC2CC(OC(C)=O)OC(C)(C)O2)cc1. The Hall–Kier alpha value is -1.63. The molecular formula is C19H28O6. The highest BCUT2D eigenvalue weighted by Crippen LogP contribution is 2.30. The molecule has 0 N–H and O–H groups in total. The molecule has 0 aromatic heterocycles. The van der Waals surface area contributed by atoms with Crippen LogP contribution in [0.4, 0.5) is 0 Å². The number of hydrogen-bond donors (Lipinski definition) is 0. The molecule has 6 heteroatoms. The molecule has 1 aromatic rings. The lowest BCUT2D eigenvalue weighted by atomic mass is 10.1. The van der Waals surface area contributed by atoms with Crippen LogP contribution in [0, 0.1) is 0 Å². The molecule has 6 nitrogen and oxygen atoms in total. The van der Waals surface area contributed by atoms with E-state index in [0.717, 1.165) is 11.3 Å². The molecule has 3 atom stereocenters. The number of hydrogen-bond acceptors (Lipinski definition) is 6. The third kappa shape index (κ3) is 6.65. The van der Waals surface area contributed by atoms with Gasteiger partial charge in [0, 0.05) is 13.3 Å². The fourth-order valence-electron chi connectivity index (χ4n) is 2.86. The van der Waals surface area contributed by atoms with Crippen LogP contribution in [0.1, 0.15) is 46.1 Å². The van der Waals surface area contributed by atoms with E-state index < -0.39 is 12.1 Å². The van der Waals surface area contributed by atoms with Crippen LogP contribution in [0.5, 0.6) is 5.75 Å². The Bertz CT molecular complexity index is 554. The summed E-state index contributed by atoms with van der Waals surface area (Å²) in [5, 5.41) is 0. The van der Waals surface area contributed by atoms with Crippen molar-refractivity contribution in [2.45, 2.75) is 71.4 Å². The molecule has 0 aliphatic carbocycles. The molecule has 1 aliphatic heterocycles. The average molecular weight is 352 g/mol. The van der Waals surface area contributed by atoms with Crippen LogP contribution in [0.3, 0.4) is 0 Å². The Kier molecular flexibility index (Phi) is 6.81. The fraction of sp³-hybridized carbons (Fsp3) is 0.632. The summed E-state index contributed by atoms with van der Waals surface area (Å²) >= 11 is 0. The highest BCUT2D eigenvalue weighted by Gasteiger charge is 2.37. The van der Waals surface area contributed by atoms with Gasteiger partial charge >= 0.3 is 5.97 Å². The first-order chi connectivity index (χ1) is 11.8. The van der Waals surface area contributed by atoms with Crippen LogP contribution >= 0.6 is 0 Å². The quantitative estimate of drug-likeness (QED) is 0.701. The molecule has 0 amide bonds. The van der Waals surface area contributed by atoms with Crippen molar-refractivity contribution < 1.29 is 28.5 Å². The van der Waals surface area contributed by atoms with Gasteiger partial charge in [-0.15, -0.1) is 0 Å². The zero-order valence-electron chi connectivity index (χ0n) is 15.6. The van der Waals surface area contributed by atoms with E-state index in [2.05, 4.69) is 0 Å². The van der Waals surface area contributed by atoms with Crippen LogP contribution in [0.2, 0.25) is 0 Å². The van der Waals surface area contributed by atoms with Crippen molar-refractivity contribution in [2.75, 3.05) is 7.11 Å². The van der Waals surface area contributed by atoms with E-state index in [1.165, 1.54) is 6.92 Å². The van der Waals surface area contributed by atoms with Gasteiger partial charge in [-0.3, -0.25) is 4.79 Å². The monoisotopic (exact) mass is 352 g/mol. The molecule has 0 saturated carbocycles. The first-order valence-electron chi connectivity index (χ1n) is 8.55. The van der Waals surface area contributed by atoms with Crippen molar-refractivity contribution in [3.05, 3.63) is 29.8 Å². The maximum absolute atomic E-state index is 11.2. The standard InChI is InChI=1S/C19H28O6/c1-13(22-12-15-6-8-16(21-5)9-7-15)10-17-11-18(23-14(2)20)25-19(3,4)24-17/h6-9,13,17-18H,10-12H2,1-5H3. The molecule has 1 heterocycles. The van der Waals surface area contributed by atoms with Crippen LogP contribution in [-0.4, -0.2) is 37.4 Å². The maximum atomic E-state index is 11.2. The average Bonchev–Trinajstić information content (AvgIpc) is 2.51. The molecule has 3 unspecified atom stereocenters. The molecule has 1 aromatic carbocycles. The third-order valence-electron chi connectivity index (χ3n) is 3.91. The highest BCUT2D eigenvalue weighted by atomic mass is 16.8. The van der Waals surface area contributed by atoms with Crippen molar-refractivity contribution in [1.29, 1.82) is 0 Å². The number of carbonyl (C=O) groups excluding carboxylic acids is 1. The van der Waals surface area contributed by atoms with Crippen molar-refractivity contribution >= 4 is 5.97 Å². The summed E-state index contributed by atoms with van der Waals surface area (Å²) in [5.74, 6) is -0.324. The van der Waals surface area contributed by atoms with Gasteiger partial charge in [-0.25, -0.2) is 0 Å². The smallest absolute Gasteiger partial charge is 0.304 e. The van der Waals surface area contributed by atoms with Gasteiger partial charge in [0.05, 0.1) is 25.9 Å². The number of rotatable bonds is 7. The Morgan fingerprint density at radius 3 is 2.56 bits per heavy atom. The van der Waals surface area contributed by atoms with E-state index >= 15 is 0 Å². The molecule has 1 fully saturated rings. The number of ether oxygens (including phenoxy) is 5. The van der Waals surface area contributed by atoms with Gasteiger partial charge in [0.15, 0.2) is 5.79 Å². The second-order valence-corrected chi connectivity index (χ2v) is 6.74. The molecule has 0 radical (unpaired) electrons. The predicted octanol–water partition coefficient (Wildman–Crippen LogP) is 3.42. The van der Waals surface area contributed by atoms with Gasteiger partial charge in [-0.2, -0.15) is 0 Å². The third-order valence-corrected chi connectivity index (χ3v) is 3.91. The van der Waals surface area contributed by atoms with Crippen molar-refractivity contribution in [3.8, 4) is 5.75 Å². The summed E-state index contributed by atoms with van der Waals surface area (Å²) in [6.07, 6.45) is 0.512. The van der Waals surface area contributed by atoms with Crippen LogP contribution < -0.4 is 4.74 Å². The molecule has 0 spiro atoms. The van der Waals surface area contributed by atoms with E-state index in [4.69, 9.17) is 23.7 Å². The van der Waals surface area contributed by atoms with Crippen molar-refractivity contribution in [2.24, 2.45) is 0 Å². The summed E-state index contributed by atoms with van der Waals surface area (Å²) in [7, 11) is 1.64. The van der Waals surface area contributed by atoms with E-state index in [1.807, 2.05) is 45.0 Å². The number of carbonyl (C=O) groups is 1. The minimum absolute atomic E-state index is 0.000945.